The molecular weight excluding hydrogens is 697 g/mol. The zero-order valence-electron chi connectivity index (χ0n) is 33.4. The van der Waals surface area contributed by atoms with Crippen molar-refractivity contribution in [3.8, 4) is 0 Å². The number of likely N-dealkylation sites (tertiary alicyclic amines) is 1. The van der Waals surface area contributed by atoms with E-state index in [0.29, 0.717) is 36.9 Å². The minimum Gasteiger partial charge on any atom is -0.455 e. The van der Waals surface area contributed by atoms with Gasteiger partial charge in [-0.3, -0.25) is 19.2 Å². The Kier molecular flexibility index (Phi) is 13.6. The number of amides is 3. The van der Waals surface area contributed by atoms with Crippen molar-refractivity contribution < 1.29 is 33.8 Å². The number of aliphatic hydroxyl groups excluding tert-OH is 1. The number of hydrogen-bond donors (Lipinski definition) is 1. The molecule has 3 heterocycles. The van der Waals surface area contributed by atoms with E-state index in [0.717, 1.165) is 18.8 Å². The molecule has 0 aliphatic carbocycles. The molecule has 298 valence electrons. The third-order valence-electron chi connectivity index (χ3n) is 11.8. The first-order valence-electron chi connectivity index (χ1n) is 19.9. The van der Waals surface area contributed by atoms with Crippen molar-refractivity contribution >= 4 is 35.1 Å². The maximum atomic E-state index is 15.1. The van der Waals surface area contributed by atoms with E-state index < -0.39 is 59.6 Å². The van der Waals surface area contributed by atoms with Gasteiger partial charge in [-0.15, -0.1) is 13.2 Å². The summed E-state index contributed by atoms with van der Waals surface area (Å²) in [6.45, 7) is 19.2. The minimum atomic E-state index is -1.31. The smallest absolute Gasteiger partial charge is 0.313 e. The topological polar surface area (TPSA) is 120 Å². The Hall–Kier alpha value is -4.48. The molecule has 0 aromatic heterocycles. The number of likely N-dealkylation sites (N-methyl/N-ethyl adjacent to an activating group) is 1. The summed E-state index contributed by atoms with van der Waals surface area (Å²) in [5.41, 5.74) is 1.08. The molecule has 8 atom stereocenters. The van der Waals surface area contributed by atoms with E-state index in [1.54, 1.807) is 29.0 Å². The Morgan fingerprint density at radius 2 is 1.67 bits per heavy atom. The lowest BCUT2D eigenvalue weighted by molar-refractivity contribution is -0.165. The fourth-order valence-electron chi connectivity index (χ4n) is 9.01. The molecule has 3 fully saturated rings. The number of nitrogens with zero attached hydrogens (tertiary/aromatic N) is 4. The summed E-state index contributed by atoms with van der Waals surface area (Å²) in [7, 11) is 1.69. The summed E-state index contributed by atoms with van der Waals surface area (Å²) < 4.78 is 13.2. The van der Waals surface area contributed by atoms with Crippen LogP contribution in [0.2, 0.25) is 0 Å². The van der Waals surface area contributed by atoms with E-state index in [1.165, 1.54) is 4.90 Å². The van der Waals surface area contributed by atoms with Gasteiger partial charge in [0.15, 0.2) is 0 Å². The Morgan fingerprint density at radius 3 is 2.25 bits per heavy atom. The molecule has 2 aromatic rings. The standard InChI is InChI=1S/C44H60N4O7/c1-9-13-19-36(50)45(8)30(7)39(31-17-15-14-16-18-31)54-43(53)37-35-24-25-44(55-35)38(37)41(51)48(34(28-49)27-29(5)6)40(44)42(52)47(26-10-2)33-22-20-32(21-23-33)46(11-3)12-4/h9-10,14-18,20-23,29-30,34-35,37-40,49H,1-2,11-13,19,24-28H2,3-8H3/t30-,34+,35+,37-,38-,39+,40+,44-/m0/s1. The van der Waals surface area contributed by atoms with Crippen molar-refractivity contribution in [2.45, 2.75) is 103 Å². The van der Waals surface area contributed by atoms with Crippen LogP contribution in [-0.2, 0) is 28.7 Å². The van der Waals surface area contributed by atoms with Gasteiger partial charge in [-0.2, -0.15) is 0 Å². The molecule has 3 aliphatic heterocycles. The van der Waals surface area contributed by atoms with Gasteiger partial charge >= 0.3 is 5.97 Å². The lowest BCUT2D eigenvalue weighted by Gasteiger charge is -2.39. The number of hydrogen-bond acceptors (Lipinski definition) is 8. The van der Waals surface area contributed by atoms with E-state index in [-0.39, 0.29) is 37.3 Å². The molecule has 2 bridgehead atoms. The number of aliphatic hydroxyl groups is 1. The lowest BCUT2D eigenvalue weighted by Crippen LogP contribution is -2.59. The van der Waals surface area contributed by atoms with Gasteiger partial charge in [-0.25, -0.2) is 0 Å². The molecule has 1 spiro atoms. The zero-order valence-corrected chi connectivity index (χ0v) is 33.4. The highest BCUT2D eigenvalue weighted by Crippen LogP contribution is 2.59. The summed E-state index contributed by atoms with van der Waals surface area (Å²) in [5, 5.41) is 10.8. The average molecular weight is 757 g/mol. The first kappa shape index (κ1) is 41.7. The molecular formula is C44H60N4O7. The third kappa shape index (κ3) is 8.10. The van der Waals surface area contributed by atoms with Crippen LogP contribution in [0.1, 0.15) is 78.4 Å². The highest BCUT2D eigenvalue weighted by molar-refractivity contribution is 6.05. The predicted molar refractivity (Wildman–Crippen MR) is 214 cm³/mol. The monoisotopic (exact) mass is 756 g/mol. The van der Waals surface area contributed by atoms with Gasteiger partial charge in [0, 0.05) is 44.5 Å². The Labute approximate surface area is 326 Å². The average Bonchev–Trinajstić information content (AvgIpc) is 3.84. The van der Waals surface area contributed by atoms with Crippen LogP contribution in [0, 0.1) is 17.8 Å². The number of ether oxygens (including phenoxy) is 2. The van der Waals surface area contributed by atoms with Gasteiger partial charge in [0.1, 0.15) is 17.7 Å². The van der Waals surface area contributed by atoms with E-state index in [4.69, 9.17) is 9.47 Å². The fraction of sp³-hybridized carbons (Fsp3) is 0.545. The summed E-state index contributed by atoms with van der Waals surface area (Å²) in [6.07, 6.45) is 3.97. The minimum absolute atomic E-state index is 0.104. The third-order valence-corrected chi connectivity index (χ3v) is 11.8. The fourth-order valence-corrected chi connectivity index (χ4v) is 9.01. The number of esters is 1. The Bertz CT molecular complexity index is 1680. The first-order chi connectivity index (χ1) is 26.4. The molecule has 1 N–H and O–H groups in total. The molecule has 3 saturated heterocycles. The van der Waals surface area contributed by atoms with Crippen LogP contribution in [0.5, 0.6) is 0 Å². The summed E-state index contributed by atoms with van der Waals surface area (Å²) in [5.74, 6) is -3.33. The van der Waals surface area contributed by atoms with E-state index in [9.17, 15) is 19.5 Å². The second-order valence-electron chi connectivity index (χ2n) is 15.5. The zero-order chi connectivity index (χ0) is 40.0. The molecule has 3 aliphatic rings. The van der Waals surface area contributed by atoms with E-state index in [2.05, 4.69) is 31.9 Å². The van der Waals surface area contributed by atoms with Crippen LogP contribution in [0.3, 0.4) is 0 Å². The summed E-state index contributed by atoms with van der Waals surface area (Å²) in [4.78, 5) is 64.8. The molecule has 3 amide bonds. The van der Waals surface area contributed by atoms with Crippen LogP contribution in [0.15, 0.2) is 79.9 Å². The molecule has 55 heavy (non-hydrogen) atoms. The van der Waals surface area contributed by atoms with E-state index in [1.807, 2.05) is 75.4 Å². The highest BCUT2D eigenvalue weighted by Gasteiger charge is 2.75. The van der Waals surface area contributed by atoms with Gasteiger partial charge in [-0.05, 0) is 82.2 Å². The second kappa shape index (κ2) is 18.0. The van der Waals surface area contributed by atoms with Crippen molar-refractivity contribution in [1.82, 2.24) is 9.80 Å². The summed E-state index contributed by atoms with van der Waals surface area (Å²) >= 11 is 0. The molecule has 11 nitrogen and oxygen atoms in total. The quantitative estimate of drug-likeness (QED) is 0.139. The van der Waals surface area contributed by atoms with Crippen molar-refractivity contribution in [2.24, 2.45) is 17.8 Å². The number of anilines is 2. The van der Waals surface area contributed by atoms with Crippen molar-refractivity contribution in [3.05, 3.63) is 85.5 Å². The SMILES string of the molecule is C=CCCC(=O)N(C)[C@@H](C)[C@@H](OC(=O)[C@@H]1[C@H]2C(=O)N([C@@H](CO)CC(C)C)[C@H](C(=O)N(CC=C)c3ccc(N(CC)CC)cc3)[C@]23CC[C@H]1O3)c1ccccc1. The summed E-state index contributed by atoms with van der Waals surface area (Å²) in [6, 6.07) is 14.7. The maximum absolute atomic E-state index is 15.1. The molecule has 0 radical (unpaired) electrons. The van der Waals surface area contributed by atoms with Gasteiger partial charge in [0.2, 0.25) is 11.8 Å². The first-order valence-corrected chi connectivity index (χ1v) is 19.9. The van der Waals surface area contributed by atoms with Crippen molar-refractivity contribution in [1.29, 1.82) is 0 Å². The predicted octanol–water partition coefficient (Wildman–Crippen LogP) is 5.93. The Balaban J connectivity index is 1.53. The molecule has 11 heteroatoms. The molecule has 0 unspecified atom stereocenters. The van der Waals surface area contributed by atoms with Crippen LogP contribution in [-0.4, -0.2) is 102 Å². The normalized spacial score (nSPS) is 24.2. The van der Waals surface area contributed by atoms with Gasteiger partial charge in [0.05, 0.1) is 36.6 Å². The number of rotatable bonds is 19. The van der Waals surface area contributed by atoms with Crippen LogP contribution < -0.4 is 9.80 Å². The number of carbonyl (C=O) groups excluding carboxylic acids is 4. The molecule has 2 aromatic carbocycles. The number of carbonyl (C=O) groups is 4. The largest absolute Gasteiger partial charge is 0.455 e. The number of benzene rings is 2. The maximum Gasteiger partial charge on any atom is 0.313 e. The second-order valence-corrected chi connectivity index (χ2v) is 15.5. The number of fused-ring (bicyclic) bond motifs is 1. The van der Waals surface area contributed by atoms with Gasteiger partial charge < -0.3 is 34.2 Å². The van der Waals surface area contributed by atoms with Crippen molar-refractivity contribution in [2.75, 3.05) is 43.1 Å². The van der Waals surface area contributed by atoms with Crippen LogP contribution in [0.25, 0.3) is 0 Å². The highest BCUT2D eigenvalue weighted by atomic mass is 16.6. The molecule has 0 saturated carbocycles. The van der Waals surface area contributed by atoms with Crippen molar-refractivity contribution in [3.63, 3.8) is 0 Å². The van der Waals surface area contributed by atoms with Gasteiger partial charge in [-0.1, -0.05) is 56.3 Å². The van der Waals surface area contributed by atoms with Gasteiger partial charge in [0.25, 0.3) is 5.91 Å². The lowest BCUT2D eigenvalue weighted by atomic mass is 9.70. The Morgan fingerprint density at radius 1 is 1.02 bits per heavy atom. The number of allylic oxidation sites excluding steroid dienone is 1. The molecule has 5 rings (SSSR count). The van der Waals surface area contributed by atoms with Crippen LogP contribution in [0.4, 0.5) is 11.4 Å². The van der Waals surface area contributed by atoms with E-state index >= 15 is 4.79 Å². The van der Waals surface area contributed by atoms with Crippen LogP contribution >= 0.6 is 0 Å².